The highest BCUT2D eigenvalue weighted by Crippen LogP contribution is 2.23. The van der Waals surface area contributed by atoms with Crippen molar-refractivity contribution < 1.29 is 18.7 Å². The van der Waals surface area contributed by atoms with Gasteiger partial charge in [-0.25, -0.2) is 9.18 Å². The second-order valence-electron chi connectivity index (χ2n) is 7.26. The van der Waals surface area contributed by atoms with Crippen molar-refractivity contribution in [3.8, 4) is 5.75 Å². The van der Waals surface area contributed by atoms with Crippen LogP contribution in [0.3, 0.4) is 0 Å². The Labute approximate surface area is 196 Å². The summed E-state index contributed by atoms with van der Waals surface area (Å²) >= 11 is 1.55. The van der Waals surface area contributed by atoms with Gasteiger partial charge in [0.25, 0.3) is 0 Å². The number of methoxy groups -OCH3 is 1. The molecule has 0 aliphatic rings. The lowest BCUT2D eigenvalue weighted by Crippen LogP contribution is -2.44. The van der Waals surface area contributed by atoms with Gasteiger partial charge in [-0.15, -0.1) is 17.9 Å². The summed E-state index contributed by atoms with van der Waals surface area (Å²) in [5, 5.41) is 4.74. The van der Waals surface area contributed by atoms with Gasteiger partial charge in [0, 0.05) is 18.0 Å². The molecule has 0 bridgehead atoms. The molecule has 3 amide bonds. The average Bonchev–Trinajstić information content (AvgIpc) is 3.33. The van der Waals surface area contributed by atoms with E-state index in [1.807, 2.05) is 17.5 Å². The fraction of sp³-hybridized carbons (Fsp3) is 0.200. The van der Waals surface area contributed by atoms with Crippen LogP contribution < -0.4 is 10.1 Å². The Hall–Kier alpha value is -3.65. The summed E-state index contributed by atoms with van der Waals surface area (Å²) in [5.41, 5.74) is 1.31. The zero-order valence-corrected chi connectivity index (χ0v) is 19.2. The maximum absolute atomic E-state index is 13.3. The van der Waals surface area contributed by atoms with Gasteiger partial charge in [-0.2, -0.15) is 0 Å². The molecule has 1 N–H and O–H groups in total. The minimum absolute atomic E-state index is 0.139. The number of benzene rings is 2. The van der Waals surface area contributed by atoms with Gasteiger partial charge in [-0.1, -0.05) is 36.4 Å². The van der Waals surface area contributed by atoms with Crippen molar-refractivity contribution >= 4 is 29.0 Å². The minimum atomic E-state index is -0.439. The molecule has 3 aromatic rings. The molecule has 3 rings (SSSR count). The van der Waals surface area contributed by atoms with Crippen molar-refractivity contribution in [1.29, 1.82) is 0 Å². The van der Waals surface area contributed by atoms with Crippen molar-refractivity contribution in [3.63, 3.8) is 0 Å². The van der Waals surface area contributed by atoms with E-state index >= 15 is 0 Å². The van der Waals surface area contributed by atoms with E-state index in [4.69, 9.17) is 4.74 Å². The number of carbonyl (C=O) groups is 2. The molecule has 6 nitrogen and oxygen atoms in total. The average molecular weight is 468 g/mol. The van der Waals surface area contributed by atoms with Crippen molar-refractivity contribution in [1.82, 2.24) is 9.80 Å². The lowest BCUT2D eigenvalue weighted by atomic mass is 10.2. The van der Waals surface area contributed by atoms with Crippen LogP contribution in [0.2, 0.25) is 0 Å². The number of para-hydroxylation sites is 2. The van der Waals surface area contributed by atoms with Crippen LogP contribution in [0.5, 0.6) is 5.75 Å². The Morgan fingerprint density at radius 1 is 1.06 bits per heavy atom. The Bertz CT molecular complexity index is 1070. The number of nitrogens with zero attached hydrogens (tertiary/aromatic N) is 2. The third-order valence-electron chi connectivity index (χ3n) is 4.88. The number of ether oxygens (including phenoxy) is 1. The Morgan fingerprint density at radius 2 is 1.82 bits per heavy atom. The van der Waals surface area contributed by atoms with Crippen molar-refractivity contribution in [2.75, 3.05) is 25.5 Å². The zero-order valence-electron chi connectivity index (χ0n) is 18.4. The third kappa shape index (κ3) is 6.92. The normalized spacial score (nSPS) is 10.4. The maximum Gasteiger partial charge on any atom is 0.322 e. The molecule has 0 saturated carbocycles. The van der Waals surface area contributed by atoms with Crippen LogP contribution in [0.4, 0.5) is 14.9 Å². The van der Waals surface area contributed by atoms with Gasteiger partial charge in [0.15, 0.2) is 0 Å². The quantitative estimate of drug-likeness (QED) is 0.420. The molecule has 8 heteroatoms. The van der Waals surface area contributed by atoms with E-state index in [-0.39, 0.29) is 24.8 Å². The Balaban J connectivity index is 1.75. The SMILES string of the molecule is C=CCN(CC(=O)N(Cc1ccc(F)cc1)Cc1cccs1)C(=O)Nc1ccccc1OC. The summed E-state index contributed by atoms with van der Waals surface area (Å²) in [4.78, 5) is 30.3. The Morgan fingerprint density at radius 3 is 2.48 bits per heavy atom. The molecule has 0 aliphatic heterocycles. The number of rotatable bonds is 10. The molecular weight excluding hydrogens is 441 g/mol. The molecule has 33 heavy (non-hydrogen) atoms. The summed E-state index contributed by atoms with van der Waals surface area (Å²) in [7, 11) is 1.52. The largest absolute Gasteiger partial charge is 0.495 e. The van der Waals surface area contributed by atoms with Gasteiger partial charge in [-0.3, -0.25) is 4.79 Å². The summed E-state index contributed by atoms with van der Waals surface area (Å²) in [6, 6.07) is 16.5. The van der Waals surface area contributed by atoms with Crippen LogP contribution in [0, 0.1) is 5.82 Å². The molecule has 2 aromatic carbocycles. The van der Waals surface area contributed by atoms with E-state index in [2.05, 4.69) is 11.9 Å². The highest BCUT2D eigenvalue weighted by molar-refractivity contribution is 7.09. The smallest absolute Gasteiger partial charge is 0.322 e. The second-order valence-corrected chi connectivity index (χ2v) is 8.29. The van der Waals surface area contributed by atoms with E-state index < -0.39 is 6.03 Å². The van der Waals surface area contributed by atoms with Gasteiger partial charge < -0.3 is 19.9 Å². The molecule has 0 unspecified atom stereocenters. The van der Waals surface area contributed by atoms with Crippen LogP contribution in [0.15, 0.2) is 78.7 Å². The molecule has 172 valence electrons. The van der Waals surface area contributed by atoms with E-state index in [1.165, 1.54) is 24.1 Å². The number of nitrogens with one attached hydrogen (secondary N) is 1. The van der Waals surface area contributed by atoms with Crippen LogP contribution >= 0.6 is 11.3 Å². The van der Waals surface area contributed by atoms with Gasteiger partial charge in [-0.05, 0) is 41.3 Å². The first kappa shape index (κ1) is 24.0. The lowest BCUT2D eigenvalue weighted by molar-refractivity contribution is -0.132. The van der Waals surface area contributed by atoms with Gasteiger partial charge in [0.1, 0.15) is 18.1 Å². The number of urea groups is 1. The molecule has 0 aliphatic carbocycles. The lowest BCUT2D eigenvalue weighted by Gasteiger charge is -2.27. The van der Waals surface area contributed by atoms with E-state index in [9.17, 15) is 14.0 Å². The highest BCUT2D eigenvalue weighted by Gasteiger charge is 2.22. The van der Waals surface area contributed by atoms with E-state index in [0.29, 0.717) is 24.5 Å². The molecule has 1 aromatic heterocycles. The zero-order chi connectivity index (χ0) is 23.6. The van der Waals surface area contributed by atoms with Crippen LogP contribution in [-0.2, 0) is 17.9 Å². The maximum atomic E-state index is 13.3. The number of carbonyl (C=O) groups excluding carboxylic acids is 2. The fourth-order valence-electron chi connectivity index (χ4n) is 3.21. The van der Waals surface area contributed by atoms with Crippen molar-refractivity contribution in [2.24, 2.45) is 0 Å². The molecule has 0 spiro atoms. The van der Waals surface area contributed by atoms with Gasteiger partial charge in [0.2, 0.25) is 5.91 Å². The molecule has 0 saturated heterocycles. The van der Waals surface area contributed by atoms with Crippen LogP contribution in [-0.4, -0.2) is 41.9 Å². The monoisotopic (exact) mass is 467 g/mol. The van der Waals surface area contributed by atoms with Gasteiger partial charge in [0.05, 0.1) is 19.3 Å². The van der Waals surface area contributed by atoms with Crippen molar-refractivity contribution in [2.45, 2.75) is 13.1 Å². The number of thiophene rings is 1. The number of anilines is 1. The van der Waals surface area contributed by atoms with E-state index in [1.54, 1.807) is 58.7 Å². The van der Waals surface area contributed by atoms with E-state index in [0.717, 1.165) is 10.4 Å². The number of hydrogen-bond donors (Lipinski definition) is 1. The number of halogens is 1. The highest BCUT2D eigenvalue weighted by atomic mass is 32.1. The summed E-state index contributed by atoms with van der Waals surface area (Å²) in [6.07, 6.45) is 1.57. The minimum Gasteiger partial charge on any atom is -0.495 e. The molecule has 1 heterocycles. The molecule has 0 radical (unpaired) electrons. The Kier molecular flexibility index (Phi) is 8.60. The molecule has 0 fully saturated rings. The first-order chi connectivity index (χ1) is 16.0. The first-order valence-corrected chi connectivity index (χ1v) is 11.2. The number of amides is 3. The summed E-state index contributed by atoms with van der Waals surface area (Å²) in [5.74, 6) is -0.0452. The molecular formula is C25H26FN3O3S. The second kappa shape index (κ2) is 11.8. The van der Waals surface area contributed by atoms with Crippen LogP contribution in [0.1, 0.15) is 10.4 Å². The van der Waals surface area contributed by atoms with Crippen molar-refractivity contribution in [3.05, 3.63) is 95.0 Å². The molecule has 0 atom stereocenters. The first-order valence-electron chi connectivity index (χ1n) is 10.3. The predicted octanol–water partition coefficient (Wildman–Crippen LogP) is 5.14. The predicted molar refractivity (Wildman–Crippen MR) is 129 cm³/mol. The fourth-order valence-corrected chi connectivity index (χ4v) is 3.93. The summed E-state index contributed by atoms with van der Waals surface area (Å²) in [6.45, 7) is 4.45. The topological polar surface area (TPSA) is 61.9 Å². The standard InChI is InChI=1S/C25H26FN3O3S/c1-3-14-28(25(31)27-22-8-4-5-9-23(22)32-2)18-24(30)29(17-21-7-6-15-33-21)16-19-10-12-20(26)13-11-19/h3-13,15H,1,14,16-18H2,2H3,(H,27,31). The van der Waals surface area contributed by atoms with Gasteiger partial charge >= 0.3 is 6.03 Å². The summed E-state index contributed by atoms with van der Waals surface area (Å²) < 4.78 is 18.6. The number of hydrogen-bond acceptors (Lipinski definition) is 4. The van der Waals surface area contributed by atoms with Crippen LogP contribution in [0.25, 0.3) is 0 Å². The third-order valence-corrected chi connectivity index (χ3v) is 5.74.